The minimum atomic E-state index is -0.165. The Bertz CT molecular complexity index is 328. The summed E-state index contributed by atoms with van der Waals surface area (Å²) in [6.45, 7) is 3.85. The second kappa shape index (κ2) is 5.02. The average molecular weight is 210 g/mol. The van der Waals surface area contributed by atoms with Crippen molar-refractivity contribution in [2.24, 2.45) is 5.84 Å². The number of nitrogens with two attached hydrogens (primary N) is 1. The molecular formula is C10H14N2OS. The first-order valence-corrected chi connectivity index (χ1v) is 5.25. The molecule has 1 aromatic carbocycles. The van der Waals surface area contributed by atoms with Crippen LogP contribution < -0.4 is 11.3 Å². The highest BCUT2D eigenvalue weighted by molar-refractivity contribution is 8.00. The van der Waals surface area contributed by atoms with Crippen molar-refractivity contribution < 1.29 is 4.79 Å². The number of rotatable bonds is 3. The van der Waals surface area contributed by atoms with Crippen LogP contribution in [0.25, 0.3) is 0 Å². The lowest BCUT2D eigenvalue weighted by Crippen LogP contribution is -2.36. The van der Waals surface area contributed by atoms with Crippen LogP contribution in [0.1, 0.15) is 12.5 Å². The van der Waals surface area contributed by atoms with Crippen LogP contribution in [0.15, 0.2) is 29.2 Å². The number of hydrogen-bond acceptors (Lipinski definition) is 3. The minimum Gasteiger partial charge on any atom is -0.293 e. The molecule has 1 atom stereocenters. The summed E-state index contributed by atoms with van der Waals surface area (Å²) in [5.41, 5.74) is 3.33. The number of carbonyl (C=O) groups excluding carboxylic acids is 1. The van der Waals surface area contributed by atoms with E-state index in [-0.39, 0.29) is 11.2 Å². The van der Waals surface area contributed by atoms with E-state index in [1.54, 1.807) is 0 Å². The Morgan fingerprint density at radius 2 is 2.29 bits per heavy atom. The highest BCUT2D eigenvalue weighted by Gasteiger charge is 2.12. The Balaban J connectivity index is 2.64. The van der Waals surface area contributed by atoms with Crippen LogP contribution in [-0.2, 0) is 4.79 Å². The van der Waals surface area contributed by atoms with E-state index in [0.717, 1.165) is 4.90 Å². The lowest BCUT2D eigenvalue weighted by molar-refractivity contribution is -0.120. The van der Waals surface area contributed by atoms with E-state index in [0.29, 0.717) is 0 Å². The van der Waals surface area contributed by atoms with Crippen molar-refractivity contribution in [3.63, 3.8) is 0 Å². The molecule has 1 amide bonds. The molecule has 1 aromatic rings. The van der Waals surface area contributed by atoms with Gasteiger partial charge >= 0.3 is 0 Å². The summed E-state index contributed by atoms with van der Waals surface area (Å²) in [7, 11) is 0. The molecule has 3 N–H and O–H groups in total. The fourth-order valence-electron chi connectivity index (χ4n) is 1.06. The predicted molar refractivity (Wildman–Crippen MR) is 58.8 cm³/mol. The number of amides is 1. The zero-order valence-corrected chi connectivity index (χ0v) is 9.10. The number of benzene rings is 1. The van der Waals surface area contributed by atoms with Gasteiger partial charge in [-0.05, 0) is 26.0 Å². The summed E-state index contributed by atoms with van der Waals surface area (Å²) in [5.74, 6) is 4.89. The molecule has 3 nitrogen and oxygen atoms in total. The van der Waals surface area contributed by atoms with Crippen LogP contribution in [0.4, 0.5) is 0 Å². The third-order valence-electron chi connectivity index (χ3n) is 1.81. The smallest absolute Gasteiger partial charge is 0.247 e. The summed E-state index contributed by atoms with van der Waals surface area (Å²) in [6.07, 6.45) is 0. The maximum atomic E-state index is 11.1. The summed E-state index contributed by atoms with van der Waals surface area (Å²) in [4.78, 5) is 12.2. The van der Waals surface area contributed by atoms with E-state index in [1.807, 2.05) is 38.1 Å². The van der Waals surface area contributed by atoms with Crippen molar-refractivity contribution in [1.29, 1.82) is 0 Å². The lowest BCUT2D eigenvalue weighted by Gasteiger charge is -2.09. The minimum absolute atomic E-state index is 0.156. The Labute approximate surface area is 88.0 Å². The van der Waals surface area contributed by atoms with Crippen LogP contribution in [0.2, 0.25) is 0 Å². The number of hydrazine groups is 1. The van der Waals surface area contributed by atoms with Gasteiger partial charge in [-0.3, -0.25) is 10.2 Å². The van der Waals surface area contributed by atoms with Gasteiger partial charge in [0.15, 0.2) is 0 Å². The Hall–Kier alpha value is -1.00. The average Bonchev–Trinajstić information content (AvgIpc) is 2.16. The Morgan fingerprint density at radius 1 is 1.57 bits per heavy atom. The molecule has 14 heavy (non-hydrogen) atoms. The van der Waals surface area contributed by atoms with Gasteiger partial charge in [0.05, 0.1) is 5.25 Å². The molecule has 4 heteroatoms. The molecule has 1 unspecified atom stereocenters. The predicted octanol–water partition coefficient (Wildman–Crippen LogP) is 1.47. The van der Waals surface area contributed by atoms with Gasteiger partial charge in [0.25, 0.3) is 0 Å². The van der Waals surface area contributed by atoms with E-state index in [9.17, 15) is 4.79 Å². The molecule has 1 rings (SSSR count). The third-order valence-corrected chi connectivity index (χ3v) is 2.91. The summed E-state index contributed by atoms with van der Waals surface area (Å²) < 4.78 is 0. The van der Waals surface area contributed by atoms with E-state index >= 15 is 0 Å². The second-order valence-corrected chi connectivity index (χ2v) is 4.50. The first-order chi connectivity index (χ1) is 6.63. The van der Waals surface area contributed by atoms with Crippen molar-refractivity contribution in [3.8, 4) is 0 Å². The zero-order valence-electron chi connectivity index (χ0n) is 8.28. The monoisotopic (exact) mass is 210 g/mol. The third kappa shape index (κ3) is 3.05. The van der Waals surface area contributed by atoms with E-state index < -0.39 is 0 Å². The van der Waals surface area contributed by atoms with Gasteiger partial charge in [0.1, 0.15) is 0 Å². The first kappa shape index (κ1) is 11.1. The molecule has 0 bridgehead atoms. The first-order valence-electron chi connectivity index (χ1n) is 4.37. The highest BCUT2D eigenvalue weighted by atomic mass is 32.2. The van der Waals surface area contributed by atoms with Gasteiger partial charge < -0.3 is 0 Å². The van der Waals surface area contributed by atoms with Gasteiger partial charge in [-0.2, -0.15) is 0 Å². The van der Waals surface area contributed by atoms with Gasteiger partial charge in [-0.1, -0.05) is 17.7 Å². The van der Waals surface area contributed by atoms with Crippen LogP contribution in [-0.4, -0.2) is 11.2 Å². The van der Waals surface area contributed by atoms with Crippen molar-refractivity contribution in [2.45, 2.75) is 24.0 Å². The van der Waals surface area contributed by atoms with E-state index in [1.165, 1.54) is 17.3 Å². The lowest BCUT2D eigenvalue weighted by atomic mass is 10.2. The quantitative estimate of drug-likeness (QED) is 0.344. The van der Waals surface area contributed by atoms with Gasteiger partial charge in [-0.25, -0.2) is 5.84 Å². The molecule has 0 saturated carbocycles. The molecule has 0 saturated heterocycles. The number of nitrogens with one attached hydrogen (secondary N) is 1. The zero-order chi connectivity index (χ0) is 10.6. The van der Waals surface area contributed by atoms with Gasteiger partial charge in [0, 0.05) is 4.90 Å². The van der Waals surface area contributed by atoms with Crippen molar-refractivity contribution >= 4 is 17.7 Å². The molecule has 0 fully saturated rings. The van der Waals surface area contributed by atoms with Crippen molar-refractivity contribution in [2.75, 3.05) is 0 Å². The summed E-state index contributed by atoms with van der Waals surface area (Å²) >= 11 is 1.50. The van der Waals surface area contributed by atoms with Gasteiger partial charge in [0.2, 0.25) is 5.91 Å². The molecule has 0 radical (unpaired) electrons. The Kier molecular flexibility index (Phi) is 3.98. The molecule has 0 spiro atoms. The van der Waals surface area contributed by atoms with Crippen LogP contribution >= 0.6 is 11.8 Å². The maximum absolute atomic E-state index is 11.1. The number of hydrogen-bond donors (Lipinski definition) is 2. The van der Waals surface area contributed by atoms with Crippen LogP contribution in [0.5, 0.6) is 0 Å². The molecule has 0 aliphatic rings. The van der Waals surface area contributed by atoms with Crippen molar-refractivity contribution in [1.82, 2.24) is 5.43 Å². The number of thioether (sulfide) groups is 1. The van der Waals surface area contributed by atoms with E-state index in [4.69, 9.17) is 5.84 Å². The van der Waals surface area contributed by atoms with Gasteiger partial charge in [-0.15, -0.1) is 11.8 Å². The van der Waals surface area contributed by atoms with Crippen LogP contribution in [0.3, 0.4) is 0 Å². The number of carbonyl (C=O) groups is 1. The van der Waals surface area contributed by atoms with Crippen molar-refractivity contribution in [3.05, 3.63) is 29.8 Å². The fraction of sp³-hybridized carbons (Fsp3) is 0.300. The molecule has 0 aromatic heterocycles. The highest BCUT2D eigenvalue weighted by Crippen LogP contribution is 2.23. The summed E-state index contributed by atoms with van der Waals surface area (Å²) in [6, 6.07) is 8.03. The van der Waals surface area contributed by atoms with Crippen LogP contribution in [0, 0.1) is 6.92 Å². The summed E-state index contributed by atoms with van der Waals surface area (Å²) in [5, 5.41) is -0.165. The molecule has 0 aliphatic heterocycles. The molecular weight excluding hydrogens is 196 g/mol. The fourth-order valence-corrected chi connectivity index (χ4v) is 2.06. The topological polar surface area (TPSA) is 55.1 Å². The SMILES string of the molecule is Cc1cccc(SC(C)C(=O)NN)c1. The molecule has 0 aliphatic carbocycles. The van der Waals surface area contributed by atoms with E-state index in [2.05, 4.69) is 5.43 Å². The standard InChI is InChI=1S/C10H14N2OS/c1-7-4-3-5-9(6-7)14-8(2)10(13)12-11/h3-6,8H,11H2,1-2H3,(H,12,13). The number of aryl methyl sites for hydroxylation is 1. The maximum Gasteiger partial charge on any atom is 0.247 e. The second-order valence-electron chi connectivity index (χ2n) is 3.09. The molecule has 0 heterocycles. The normalized spacial score (nSPS) is 12.2. The molecule has 76 valence electrons. The largest absolute Gasteiger partial charge is 0.293 e. The Morgan fingerprint density at radius 3 is 2.86 bits per heavy atom.